The third kappa shape index (κ3) is 2.98. The maximum atomic E-state index is 12.2. The third-order valence-corrected chi connectivity index (χ3v) is 5.92. The van der Waals surface area contributed by atoms with E-state index in [0.29, 0.717) is 11.5 Å². The Kier molecular flexibility index (Phi) is 4.08. The maximum absolute atomic E-state index is 12.2. The molecule has 2 rings (SSSR count). The highest BCUT2D eigenvalue weighted by Gasteiger charge is 2.46. The van der Waals surface area contributed by atoms with Crippen molar-refractivity contribution < 1.29 is 4.55 Å². The first-order chi connectivity index (χ1) is 7.94. The van der Waals surface area contributed by atoms with Gasteiger partial charge in [-0.2, -0.15) is 0 Å². The van der Waals surface area contributed by atoms with Gasteiger partial charge in [0, 0.05) is 11.4 Å². The van der Waals surface area contributed by atoms with Gasteiger partial charge in [0.2, 0.25) is 0 Å². The second kappa shape index (κ2) is 5.08. The number of hydrogen-bond donors (Lipinski definition) is 2. The van der Waals surface area contributed by atoms with E-state index >= 15 is 0 Å². The molecule has 2 fully saturated rings. The van der Waals surface area contributed by atoms with Crippen molar-refractivity contribution in [3.8, 4) is 0 Å². The molecular formula is C13H26N2OS. The molecule has 2 aliphatic rings. The largest absolute Gasteiger partial charge is 0.598 e. The van der Waals surface area contributed by atoms with Crippen molar-refractivity contribution in [3.05, 3.63) is 0 Å². The van der Waals surface area contributed by atoms with Gasteiger partial charge < -0.3 is 9.87 Å². The standard InChI is InChI=1S/C13H26N2OS/c1-12(2,3)17(16)15-11-5-4-6-13(11)7-9-14-10-8-13/h11,14-15H,4-10H2,1-3H3/t11?,17-/m0/s1. The van der Waals surface area contributed by atoms with Crippen molar-refractivity contribution in [1.82, 2.24) is 10.0 Å². The van der Waals surface area contributed by atoms with Crippen LogP contribution in [0.2, 0.25) is 0 Å². The summed E-state index contributed by atoms with van der Waals surface area (Å²) in [5.74, 6) is 0. The summed E-state index contributed by atoms with van der Waals surface area (Å²) >= 11 is -0.925. The first-order valence-corrected chi connectivity index (χ1v) is 7.98. The van der Waals surface area contributed by atoms with E-state index < -0.39 is 11.4 Å². The molecule has 1 saturated heterocycles. The minimum atomic E-state index is -0.925. The highest BCUT2D eigenvalue weighted by atomic mass is 32.2. The highest BCUT2D eigenvalue weighted by Crippen LogP contribution is 2.45. The molecule has 3 nitrogen and oxygen atoms in total. The van der Waals surface area contributed by atoms with Crippen LogP contribution >= 0.6 is 0 Å². The molecule has 4 heteroatoms. The summed E-state index contributed by atoms with van der Waals surface area (Å²) in [7, 11) is 0. The van der Waals surface area contributed by atoms with Gasteiger partial charge in [-0.15, -0.1) is 4.72 Å². The van der Waals surface area contributed by atoms with E-state index in [-0.39, 0.29) is 4.75 Å². The average Bonchev–Trinajstić information content (AvgIpc) is 2.61. The number of rotatable bonds is 2. The molecule has 0 aromatic carbocycles. The molecule has 0 aromatic rings. The summed E-state index contributed by atoms with van der Waals surface area (Å²) in [4.78, 5) is 0. The molecule has 0 aromatic heterocycles. The Morgan fingerprint density at radius 1 is 1.24 bits per heavy atom. The number of piperidine rings is 1. The molecule has 2 atom stereocenters. The van der Waals surface area contributed by atoms with Gasteiger partial charge >= 0.3 is 0 Å². The van der Waals surface area contributed by atoms with Gasteiger partial charge in [-0.1, -0.05) is 6.42 Å². The molecule has 0 radical (unpaired) electrons. The maximum Gasteiger partial charge on any atom is 0.136 e. The second-order valence-corrected chi connectivity index (χ2v) is 8.55. The molecule has 0 bridgehead atoms. The summed E-state index contributed by atoms with van der Waals surface area (Å²) in [6.07, 6.45) is 6.28. The van der Waals surface area contributed by atoms with Gasteiger partial charge in [-0.05, 0) is 65.0 Å². The van der Waals surface area contributed by atoms with E-state index in [9.17, 15) is 4.55 Å². The molecule has 100 valence electrons. The molecule has 1 unspecified atom stereocenters. The van der Waals surface area contributed by atoms with Crippen LogP contribution in [0.1, 0.15) is 52.9 Å². The lowest BCUT2D eigenvalue weighted by Crippen LogP contribution is -2.52. The first-order valence-electron chi connectivity index (χ1n) is 6.83. The Hall–Kier alpha value is 0.230. The fraction of sp³-hybridized carbons (Fsp3) is 1.00. The Labute approximate surface area is 108 Å². The van der Waals surface area contributed by atoms with Crippen molar-refractivity contribution in [1.29, 1.82) is 0 Å². The SMILES string of the molecule is CC(C)(C)[S@+]([O-])NC1CCCC12CCNCC2. The summed E-state index contributed by atoms with van der Waals surface area (Å²) in [5, 5.41) is 3.44. The molecule has 0 amide bonds. The van der Waals surface area contributed by atoms with Crippen LogP contribution in [0.15, 0.2) is 0 Å². The van der Waals surface area contributed by atoms with Crippen molar-refractivity contribution in [2.75, 3.05) is 13.1 Å². The van der Waals surface area contributed by atoms with Crippen LogP contribution < -0.4 is 10.0 Å². The van der Waals surface area contributed by atoms with Crippen LogP contribution in [-0.2, 0) is 11.4 Å². The topological polar surface area (TPSA) is 47.1 Å². The van der Waals surface area contributed by atoms with Crippen molar-refractivity contribution in [3.63, 3.8) is 0 Å². The molecule has 1 saturated carbocycles. The lowest BCUT2D eigenvalue weighted by atomic mass is 9.75. The van der Waals surface area contributed by atoms with E-state index in [1.165, 1.54) is 32.1 Å². The summed E-state index contributed by atoms with van der Waals surface area (Å²) in [6, 6.07) is 0.463. The van der Waals surface area contributed by atoms with Gasteiger partial charge in [0.15, 0.2) is 0 Å². The van der Waals surface area contributed by atoms with Gasteiger partial charge in [0.25, 0.3) is 0 Å². The van der Waals surface area contributed by atoms with Crippen LogP contribution in [0.4, 0.5) is 0 Å². The molecule has 2 N–H and O–H groups in total. The third-order valence-electron chi connectivity index (χ3n) is 4.31. The van der Waals surface area contributed by atoms with Gasteiger partial charge in [0.1, 0.15) is 4.75 Å². The smallest absolute Gasteiger partial charge is 0.136 e. The minimum absolute atomic E-state index is 0.156. The lowest BCUT2D eigenvalue weighted by Gasteiger charge is -2.40. The predicted molar refractivity (Wildman–Crippen MR) is 73.2 cm³/mol. The van der Waals surface area contributed by atoms with Crippen LogP contribution in [0, 0.1) is 5.41 Å². The highest BCUT2D eigenvalue weighted by molar-refractivity contribution is 7.90. The zero-order valence-corrected chi connectivity index (χ0v) is 12.2. The second-order valence-electron chi connectivity index (χ2n) is 6.56. The Bertz CT molecular complexity index is 259. The van der Waals surface area contributed by atoms with Gasteiger partial charge in [-0.3, -0.25) is 0 Å². The van der Waals surface area contributed by atoms with Crippen LogP contribution in [0.5, 0.6) is 0 Å². The van der Waals surface area contributed by atoms with Crippen molar-refractivity contribution in [2.24, 2.45) is 5.41 Å². The molecule has 17 heavy (non-hydrogen) atoms. The molecule has 1 spiro atoms. The number of hydrogen-bond acceptors (Lipinski definition) is 3. The summed E-state index contributed by atoms with van der Waals surface area (Å²) < 4.78 is 15.5. The quantitative estimate of drug-likeness (QED) is 0.744. The predicted octanol–water partition coefficient (Wildman–Crippen LogP) is 1.96. The van der Waals surface area contributed by atoms with E-state index in [1.54, 1.807) is 0 Å². The summed E-state index contributed by atoms with van der Waals surface area (Å²) in [6.45, 7) is 8.38. The van der Waals surface area contributed by atoms with Crippen LogP contribution in [-0.4, -0.2) is 28.4 Å². The van der Waals surface area contributed by atoms with E-state index in [1.807, 2.05) is 20.8 Å². The fourth-order valence-corrected chi connectivity index (χ4v) is 4.13. The zero-order chi connectivity index (χ0) is 12.5. The Morgan fingerprint density at radius 2 is 1.88 bits per heavy atom. The Morgan fingerprint density at radius 3 is 2.47 bits per heavy atom. The lowest BCUT2D eigenvalue weighted by molar-refractivity contribution is 0.173. The van der Waals surface area contributed by atoms with Gasteiger partial charge in [0.05, 0.1) is 6.04 Å². The Balaban J connectivity index is 1.99. The normalized spacial score (nSPS) is 30.7. The molecule has 1 aliphatic carbocycles. The van der Waals surface area contributed by atoms with E-state index in [2.05, 4.69) is 10.0 Å². The van der Waals surface area contributed by atoms with E-state index in [4.69, 9.17) is 0 Å². The monoisotopic (exact) mass is 258 g/mol. The van der Waals surface area contributed by atoms with Crippen molar-refractivity contribution in [2.45, 2.75) is 63.7 Å². The van der Waals surface area contributed by atoms with Crippen LogP contribution in [0.3, 0.4) is 0 Å². The molecular weight excluding hydrogens is 232 g/mol. The zero-order valence-electron chi connectivity index (χ0n) is 11.3. The van der Waals surface area contributed by atoms with E-state index in [0.717, 1.165) is 13.1 Å². The summed E-state index contributed by atoms with van der Waals surface area (Å²) in [5.41, 5.74) is 0.423. The van der Waals surface area contributed by atoms with Crippen molar-refractivity contribution >= 4 is 11.4 Å². The average molecular weight is 258 g/mol. The van der Waals surface area contributed by atoms with Gasteiger partial charge in [-0.25, -0.2) is 0 Å². The molecule has 1 aliphatic heterocycles. The minimum Gasteiger partial charge on any atom is -0.598 e. The van der Waals surface area contributed by atoms with Crippen LogP contribution in [0.25, 0.3) is 0 Å². The fourth-order valence-electron chi connectivity index (χ4n) is 3.15. The molecule has 1 heterocycles. The first kappa shape index (κ1) is 13.7. The number of nitrogens with one attached hydrogen (secondary N) is 2.